The first kappa shape index (κ1) is 20.0. The van der Waals surface area contributed by atoms with Gasteiger partial charge in [-0.25, -0.2) is 9.18 Å². The van der Waals surface area contributed by atoms with Crippen LogP contribution in [0, 0.1) is 5.82 Å². The molecule has 2 aromatic rings. The highest BCUT2D eigenvalue weighted by Gasteiger charge is 2.32. The first-order chi connectivity index (χ1) is 14.5. The zero-order chi connectivity index (χ0) is 21.1. The number of urea groups is 1. The highest BCUT2D eigenvalue weighted by molar-refractivity contribution is 5.97. The Morgan fingerprint density at radius 1 is 1.10 bits per heavy atom. The summed E-state index contributed by atoms with van der Waals surface area (Å²) in [7, 11) is 0. The molecule has 2 saturated heterocycles. The summed E-state index contributed by atoms with van der Waals surface area (Å²) in [6, 6.07) is 11.7. The maximum Gasteiger partial charge on any atom is 0.324 e. The van der Waals surface area contributed by atoms with E-state index >= 15 is 0 Å². The predicted octanol–water partition coefficient (Wildman–Crippen LogP) is 2.48. The number of halogens is 1. The van der Waals surface area contributed by atoms with Gasteiger partial charge >= 0.3 is 6.03 Å². The van der Waals surface area contributed by atoms with Crippen LogP contribution >= 0.6 is 0 Å². The first-order valence-electron chi connectivity index (χ1n) is 9.83. The van der Waals surface area contributed by atoms with E-state index in [1.165, 1.54) is 12.1 Å². The number of hydrogen-bond donors (Lipinski definition) is 1. The van der Waals surface area contributed by atoms with Crippen LogP contribution in [0.25, 0.3) is 0 Å². The Bertz CT molecular complexity index is 939. The lowest BCUT2D eigenvalue weighted by atomic mass is 10.0. The number of rotatable bonds is 4. The van der Waals surface area contributed by atoms with Gasteiger partial charge in [0.1, 0.15) is 5.82 Å². The van der Waals surface area contributed by atoms with Crippen LogP contribution in [0.3, 0.4) is 0 Å². The number of benzene rings is 2. The Hall–Kier alpha value is -3.26. The number of morpholine rings is 1. The third-order valence-corrected chi connectivity index (χ3v) is 5.31. The molecule has 0 aliphatic carbocycles. The van der Waals surface area contributed by atoms with Crippen molar-refractivity contribution in [2.24, 2.45) is 0 Å². The van der Waals surface area contributed by atoms with Gasteiger partial charge in [0.2, 0.25) is 5.91 Å². The van der Waals surface area contributed by atoms with Crippen molar-refractivity contribution in [2.75, 3.05) is 26.3 Å². The molecule has 2 heterocycles. The van der Waals surface area contributed by atoms with E-state index in [-0.39, 0.29) is 24.8 Å². The summed E-state index contributed by atoms with van der Waals surface area (Å²) in [6.07, 6.45) is 0.0583. The fourth-order valence-corrected chi connectivity index (χ4v) is 3.64. The van der Waals surface area contributed by atoms with Crippen LogP contribution in [0.2, 0.25) is 0 Å². The van der Waals surface area contributed by atoms with E-state index in [1.807, 2.05) is 0 Å². The van der Waals surface area contributed by atoms with Crippen molar-refractivity contribution < 1.29 is 23.5 Å². The summed E-state index contributed by atoms with van der Waals surface area (Å²) in [5.41, 5.74) is 1.85. The SMILES string of the molecule is O=C(c1ccc(CN2C(=O)CC(c3cccc(F)c3)NC2=O)cc1)N1CCOCC1. The molecule has 2 aliphatic heterocycles. The third kappa shape index (κ3) is 4.33. The number of amides is 4. The lowest BCUT2D eigenvalue weighted by molar-refractivity contribution is -0.130. The molecular weight excluding hydrogens is 389 g/mol. The van der Waals surface area contributed by atoms with Gasteiger partial charge in [-0.1, -0.05) is 24.3 Å². The Balaban J connectivity index is 1.40. The van der Waals surface area contributed by atoms with Gasteiger partial charge in [0, 0.05) is 18.7 Å². The molecule has 4 amide bonds. The summed E-state index contributed by atoms with van der Waals surface area (Å²) in [6.45, 7) is 2.30. The summed E-state index contributed by atoms with van der Waals surface area (Å²) in [5.74, 6) is -0.806. The molecule has 0 spiro atoms. The number of imide groups is 1. The van der Waals surface area contributed by atoms with Crippen molar-refractivity contribution in [3.63, 3.8) is 0 Å². The van der Waals surface area contributed by atoms with Crippen molar-refractivity contribution in [3.8, 4) is 0 Å². The monoisotopic (exact) mass is 411 g/mol. The summed E-state index contributed by atoms with van der Waals surface area (Å²) < 4.78 is 18.7. The quantitative estimate of drug-likeness (QED) is 0.839. The number of carbonyl (C=O) groups is 3. The Morgan fingerprint density at radius 3 is 2.50 bits per heavy atom. The smallest absolute Gasteiger partial charge is 0.324 e. The van der Waals surface area contributed by atoms with Crippen molar-refractivity contribution in [3.05, 3.63) is 71.0 Å². The Morgan fingerprint density at radius 2 is 1.83 bits per heavy atom. The van der Waals surface area contributed by atoms with E-state index in [4.69, 9.17) is 4.74 Å². The first-order valence-corrected chi connectivity index (χ1v) is 9.83. The van der Waals surface area contributed by atoms with Crippen LogP contribution in [-0.2, 0) is 16.1 Å². The van der Waals surface area contributed by atoms with Gasteiger partial charge in [-0.2, -0.15) is 0 Å². The number of nitrogens with one attached hydrogen (secondary N) is 1. The normalized spacial score (nSPS) is 19.6. The van der Waals surface area contributed by atoms with E-state index in [0.29, 0.717) is 37.4 Å². The van der Waals surface area contributed by atoms with E-state index in [1.54, 1.807) is 41.3 Å². The standard InChI is InChI=1S/C22H22FN3O4/c23-18-3-1-2-17(12-18)19-13-20(27)26(22(29)24-19)14-15-4-6-16(7-5-15)21(28)25-8-10-30-11-9-25/h1-7,12,19H,8-11,13-14H2,(H,24,29). The topological polar surface area (TPSA) is 79.0 Å². The summed E-state index contributed by atoms with van der Waals surface area (Å²) in [4.78, 5) is 40.4. The van der Waals surface area contributed by atoms with Gasteiger partial charge in [-0.15, -0.1) is 0 Å². The van der Waals surface area contributed by atoms with Gasteiger partial charge < -0.3 is 15.0 Å². The molecule has 8 heteroatoms. The van der Waals surface area contributed by atoms with Crippen LogP contribution in [-0.4, -0.2) is 53.9 Å². The zero-order valence-electron chi connectivity index (χ0n) is 16.3. The van der Waals surface area contributed by atoms with Gasteiger partial charge in [-0.3, -0.25) is 14.5 Å². The van der Waals surface area contributed by atoms with Crippen molar-refractivity contribution in [1.82, 2.24) is 15.1 Å². The molecule has 2 fully saturated rings. The van der Waals surface area contributed by atoms with Crippen molar-refractivity contribution in [1.29, 1.82) is 0 Å². The fraction of sp³-hybridized carbons (Fsp3) is 0.318. The Kier molecular flexibility index (Phi) is 5.76. The maximum atomic E-state index is 13.4. The van der Waals surface area contributed by atoms with E-state index in [9.17, 15) is 18.8 Å². The van der Waals surface area contributed by atoms with Crippen molar-refractivity contribution >= 4 is 17.8 Å². The second kappa shape index (κ2) is 8.62. The van der Waals surface area contributed by atoms with E-state index in [0.717, 1.165) is 10.5 Å². The highest BCUT2D eigenvalue weighted by Crippen LogP contribution is 2.24. The Labute approximate surface area is 173 Å². The lowest BCUT2D eigenvalue weighted by Gasteiger charge is -2.31. The predicted molar refractivity (Wildman–Crippen MR) is 106 cm³/mol. The van der Waals surface area contributed by atoms with Gasteiger partial charge in [0.05, 0.1) is 32.2 Å². The summed E-state index contributed by atoms with van der Waals surface area (Å²) in [5, 5.41) is 2.76. The molecule has 2 aliphatic rings. The third-order valence-electron chi connectivity index (χ3n) is 5.31. The lowest BCUT2D eigenvalue weighted by Crippen LogP contribution is -2.50. The van der Waals surface area contributed by atoms with Crippen LogP contribution in [0.1, 0.15) is 33.9 Å². The van der Waals surface area contributed by atoms with Crippen LogP contribution in [0.4, 0.5) is 9.18 Å². The minimum atomic E-state index is -0.550. The molecule has 30 heavy (non-hydrogen) atoms. The van der Waals surface area contributed by atoms with Crippen LogP contribution in [0.5, 0.6) is 0 Å². The number of hydrogen-bond acceptors (Lipinski definition) is 4. The second-order valence-corrected chi connectivity index (χ2v) is 7.34. The maximum absolute atomic E-state index is 13.4. The van der Waals surface area contributed by atoms with E-state index in [2.05, 4.69) is 5.32 Å². The molecule has 0 radical (unpaired) electrons. The number of ether oxygens (including phenoxy) is 1. The molecule has 0 aromatic heterocycles. The molecule has 156 valence electrons. The molecular formula is C22H22FN3O4. The average Bonchev–Trinajstić information content (AvgIpc) is 2.76. The second-order valence-electron chi connectivity index (χ2n) is 7.34. The zero-order valence-corrected chi connectivity index (χ0v) is 16.3. The fourth-order valence-electron chi connectivity index (χ4n) is 3.64. The van der Waals surface area contributed by atoms with E-state index < -0.39 is 17.9 Å². The summed E-state index contributed by atoms with van der Waals surface area (Å²) >= 11 is 0. The number of carbonyl (C=O) groups excluding carboxylic acids is 3. The molecule has 0 bridgehead atoms. The molecule has 7 nitrogen and oxygen atoms in total. The minimum Gasteiger partial charge on any atom is -0.378 e. The van der Waals surface area contributed by atoms with Gasteiger partial charge in [0.15, 0.2) is 0 Å². The molecule has 0 saturated carbocycles. The van der Waals surface area contributed by atoms with Gasteiger partial charge in [-0.05, 0) is 35.4 Å². The molecule has 4 rings (SSSR count). The average molecular weight is 411 g/mol. The molecule has 2 aromatic carbocycles. The van der Waals surface area contributed by atoms with Crippen LogP contribution < -0.4 is 5.32 Å². The van der Waals surface area contributed by atoms with Crippen molar-refractivity contribution in [2.45, 2.75) is 19.0 Å². The highest BCUT2D eigenvalue weighted by atomic mass is 19.1. The molecule has 1 unspecified atom stereocenters. The van der Waals surface area contributed by atoms with Crippen LogP contribution in [0.15, 0.2) is 48.5 Å². The largest absolute Gasteiger partial charge is 0.378 e. The molecule has 1 N–H and O–H groups in total. The van der Waals surface area contributed by atoms with Gasteiger partial charge in [0.25, 0.3) is 5.91 Å². The molecule has 1 atom stereocenters. The number of nitrogens with zero attached hydrogens (tertiary/aromatic N) is 2. The minimum absolute atomic E-state index is 0.0583.